The third-order valence-electron chi connectivity index (χ3n) is 3.81. The molecule has 128 valence electrons. The highest BCUT2D eigenvalue weighted by molar-refractivity contribution is 6.30. The topological polar surface area (TPSA) is 72.9 Å². The Hall–Kier alpha value is -2.70. The van der Waals surface area contributed by atoms with Crippen molar-refractivity contribution in [2.24, 2.45) is 5.84 Å². The number of aromatic nitrogens is 2. The van der Waals surface area contributed by atoms with Crippen molar-refractivity contribution in [3.8, 4) is 0 Å². The molecule has 0 aliphatic heterocycles. The van der Waals surface area contributed by atoms with Gasteiger partial charge in [0.15, 0.2) is 0 Å². The lowest BCUT2D eigenvalue weighted by Crippen LogP contribution is -2.27. The predicted octanol–water partition coefficient (Wildman–Crippen LogP) is 3.19. The minimum Gasteiger partial charge on any atom is -0.291 e. The van der Waals surface area contributed by atoms with Crippen LogP contribution in [0, 0.1) is 12.7 Å². The highest BCUT2D eigenvalue weighted by Gasteiger charge is 2.12. The summed E-state index contributed by atoms with van der Waals surface area (Å²) in [6.45, 7) is 2.22. The van der Waals surface area contributed by atoms with Crippen molar-refractivity contribution in [3.05, 3.63) is 70.1 Å². The quantitative estimate of drug-likeness (QED) is 0.325. The second kappa shape index (κ2) is 7.04. The van der Waals surface area contributed by atoms with Gasteiger partial charge >= 0.3 is 0 Å². The van der Waals surface area contributed by atoms with Crippen molar-refractivity contribution in [1.82, 2.24) is 15.2 Å². The van der Waals surface area contributed by atoms with Gasteiger partial charge in [-0.1, -0.05) is 29.8 Å². The van der Waals surface area contributed by atoms with Gasteiger partial charge in [-0.2, -0.15) is 5.10 Å². The fraction of sp³-hybridized carbons (Fsp3) is 0.111. The number of nitrogens with two attached hydrogens (primary N) is 1. The normalized spacial score (nSPS) is 11.4. The number of fused-ring (bicyclic) bond motifs is 1. The highest BCUT2D eigenvalue weighted by Crippen LogP contribution is 2.23. The van der Waals surface area contributed by atoms with Crippen LogP contribution < -0.4 is 11.3 Å². The summed E-state index contributed by atoms with van der Waals surface area (Å²) in [6.07, 6.45) is 2.88. The molecule has 0 aliphatic carbocycles. The van der Waals surface area contributed by atoms with Crippen molar-refractivity contribution < 1.29 is 9.18 Å². The van der Waals surface area contributed by atoms with Crippen molar-refractivity contribution >= 4 is 34.5 Å². The second-order valence-corrected chi connectivity index (χ2v) is 6.08. The number of hydrazine groups is 1. The van der Waals surface area contributed by atoms with Crippen LogP contribution in [-0.4, -0.2) is 15.7 Å². The molecule has 0 fully saturated rings. The Morgan fingerprint density at radius 1 is 1.36 bits per heavy atom. The van der Waals surface area contributed by atoms with Gasteiger partial charge in [0, 0.05) is 22.0 Å². The number of aryl methyl sites for hydroxylation is 1. The second-order valence-electron chi connectivity index (χ2n) is 5.64. The monoisotopic (exact) mass is 358 g/mol. The molecule has 0 bridgehead atoms. The van der Waals surface area contributed by atoms with E-state index in [1.54, 1.807) is 22.9 Å². The molecule has 2 aromatic carbocycles. The molecular formula is C18H16ClFN4O. The fourth-order valence-corrected chi connectivity index (χ4v) is 2.73. The first-order valence-corrected chi connectivity index (χ1v) is 7.95. The Kier molecular flexibility index (Phi) is 4.83. The standard InChI is InChI=1S/C18H16ClFN4O/c1-11-2-5-14-16(6-7-18(25)22-21)23-24(17(14)8-11)10-12-3-4-13(19)9-15(12)20/h2-9H,10,21H2,1H3,(H,22,25)/b7-6+. The maximum atomic E-state index is 14.1. The minimum atomic E-state index is -0.432. The number of carbonyl (C=O) groups is 1. The number of nitrogens with one attached hydrogen (secondary N) is 1. The smallest absolute Gasteiger partial charge is 0.257 e. The Morgan fingerprint density at radius 2 is 2.16 bits per heavy atom. The first-order valence-electron chi connectivity index (χ1n) is 7.57. The number of hydrogen-bond donors (Lipinski definition) is 2. The van der Waals surface area contributed by atoms with Crippen LogP contribution in [0.15, 0.2) is 42.5 Å². The van der Waals surface area contributed by atoms with Gasteiger partial charge in [-0.25, -0.2) is 10.2 Å². The van der Waals surface area contributed by atoms with Crippen LogP contribution in [0.4, 0.5) is 4.39 Å². The highest BCUT2D eigenvalue weighted by atomic mass is 35.5. The Bertz CT molecular complexity index is 981. The van der Waals surface area contributed by atoms with Gasteiger partial charge < -0.3 is 0 Å². The SMILES string of the molecule is Cc1ccc2c(/C=C/C(=O)NN)nn(Cc3ccc(Cl)cc3F)c2c1. The number of carbonyl (C=O) groups excluding carboxylic acids is 1. The molecule has 1 amide bonds. The van der Waals surface area contributed by atoms with Crippen LogP contribution in [0.25, 0.3) is 17.0 Å². The van der Waals surface area contributed by atoms with Gasteiger partial charge in [-0.05, 0) is 36.8 Å². The molecule has 0 atom stereocenters. The predicted molar refractivity (Wildman–Crippen MR) is 96.3 cm³/mol. The van der Waals surface area contributed by atoms with Crippen LogP contribution in [0.5, 0.6) is 0 Å². The molecule has 0 unspecified atom stereocenters. The van der Waals surface area contributed by atoms with Crippen LogP contribution in [0.1, 0.15) is 16.8 Å². The summed E-state index contributed by atoms with van der Waals surface area (Å²) in [7, 11) is 0. The van der Waals surface area contributed by atoms with Gasteiger partial charge in [-0.15, -0.1) is 0 Å². The maximum absolute atomic E-state index is 14.1. The average molecular weight is 359 g/mol. The van der Waals surface area contributed by atoms with Gasteiger partial charge in [-0.3, -0.25) is 14.9 Å². The Labute approximate surface area is 148 Å². The third-order valence-corrected chi connectivity index (χ3v) is 4.04. The van der Waals surface area contributed by atoms with E-state index in [0.29, 0.717) is 16.3 Å². The van der Waals surface area contributed by atoms with Gasteiger partial charge in [0.05, 0.1) is 17.8 Å². The van der Waals surface area contributed by atoms with Crippen LogP contribution >= 0.6 is 11.6 Å². The number of hydrogen-bond acceptors (Lipinski definition) is 3. The molecule has 3 N–H and O–H groups in total. The van der Waals surface area contributed by atoms with E-state index in [9.17, 15) is 9.18 Å². The fourth-order valence-electron chi connectivity index (χ4n) is 2.57. The van der Waals surface area contributed by atoms with E-state index in [2.05, 4.69) is 5.10 Å². The summed E-state index contributed by atoms with van der Waals surface area (Å²) in [6, 6.07) is 10.4. The number of benzene rings is 2. The zero-order valence-corrected chi connectivity index (χ0v) is 14.2. The molecule has 0 saturated carbocycles. The lowest BCUT2D eigenvalue weighted by atomic mass is 10.1. The zero-order valence-electron chi connectivity index (χ0n) is 13.5. The largest absolute Gasteiger partial charge is 0.291 e. The van der Waals surface area contributed by atoms with E-state index in [-0.39, 0.29) is 12.4 Å². The number of amides is 1. The molecule has 7 heteroatoms. The summed E-state index contributed by atoms with van der Waals surface area (Å²) in [5.41, 5.74) is 5.02. The van der Waals surface area contributed by atoms with Gasteiger partial charge in [0.25, 0.3) is 5.91 Å². The van der Waals surface area contributed by atoms with Crippen molar-refractivity contribution in [3.63, 3.8) is 0 Å². The molecule has 0 saturated heterocycles. The molecule has 0 spiro atoms. The van der Waals surface area contributed by atoms with Crippen LogP contribution in [0.2, 0.25) is 5.02 Å². The summed E-state index contributed by atoms with van der Waals surface area (Å²) in [4.78, 5) is 11.3. The first-order chi connectivity index (χ1) is 12.0. The van der Waals surface area contributed by atoms with E-state index in [1.807, 2.05) is 30.5 Å². The van der Waals surface area contributed by atoms with E-state index < -0.39 is 5.91 Å². The summed E-state index contributed by atoms with van der Waals surface area (Å²) in [5.74, 6) is 4.26. The Balaban J connectivity index is 2.06. The molecule has 3 rings (SSSR count). The lowest BCUT2D eigenvalue weighted by molar-refractivity contribution is -0.116. The van der Waals surface area contributed by atoms with Crippen molar-refractivity contribution in [1.29, 1.82) is 0 Å². The number of rotatable bonds is 4. The van der Waals surface area contributed by atoms with E-state index >= 15 is 0 Å². The van der Waals surface area contributed by atoms with Gasteiger partial charge in [0.2, 0.25) is 0 Å². The molecule has 25 heavy (non-hydrogen) atoms. The maximum Gasteiger partial charge on any atom is 0.257 e. The molecular weight excluding hydrogens is 343 g/mol. The Morgan fingerprint density at radius 3 is 2.88 bits per heavy atom. The number of halogens is 2. The van der Waals surface area contributed by atoms with Crippen molar-refractivity contribution in [2.45, 2.75) is 13.5 Å². The molecule has 0 aliphatic rings. The average Bonchev–Trinajstić information content (AvgIpc) is 2.92. The van der Waals surface area contributed by atoms with E-state index in [0.717, 1.165) is 16.5 Å². The van der Waals surface area contributed by atoms with Crippen LogP contribution in [-0.2, 0) is 11.3 Å². The molecule has 1 aromatic heterocycles. The van der Waals surface area contributed by atoms with E-state index in [4.69, 9.17) is 17.4 Å². The number of nitrogens with zero attached hydrogens (tertiary/aromatic N) is 2. The van der Waals surface area contributed by atoms with Crippen molar-refractivity contribution in [2.75, 3.05) is 0 Å². The molecule has 3 aromatic rings. The van der Waals surface area contributed by atoms with Gasteiger partial charge in [0.1, 0.15) is 5.82 Å². The minimum absolute atomic E-state index is 0.250. The zero-order chi connectivity index (χ0) is 18.0. The first kappa shape index (κ1) is 17.1. The lowest BCUT2D eigenvalue weighted by Gasteiger charge is -2.06. The molecule has 0 radical (unpaired) electrons. The van der Waals surface area contributed by atoms with Crippen LogP contribution in [0.3, 0.4) is 0 Å². The third kappa shape index (κ3) is 3.70. The summed E-state index contributed by atoms with van der Waals surface area (Å²) >= 11 is 5.80. The summed E-state index contributed by atoms with van der Waals surface area (Å²) in [5, 5.41) is 5.71. The summed E-state index contributed by atoms with van der Waals surface area (Å²) < 4.78 is 15.8. The molecule has 5 nitrogen and oxygen atoms in total. The molecule has 1 heterocycles. The van der Waals surface area contributed by atoms with E-state index in [1.165, 1.54) is 12.1 Å².